The van der Waals surface area contributed by atoms with Crippen molar-refractivity contribution in [3.63, 3.8) is 0 Å². The molecule has 7 heteroatoms. The van der Waals surface area contributed by atoms with Gasteiger partial charge in [0.15, 0.2) is 0 Å². The predicted octanol–water partition coefficient (Wildman–Crippen LogP) is 3.11. The van der Waals surface area contributed by atoms with E-state index in [1.807, 2.05) is 12.1 Å². The first kappa shape index (κ1) is 23.8. The first-order chi connectivity index (χ1) is 13.9. The standard InChI is InChI=1S/C12H13N3O.C6H12O.C4H7NO/c13-10(7-8-5-6-15-12(8)14)9-3-1-2-4-11(9)16;1-6-3-2-4-7-5-6;1-3-4(6)5-2/h1-7,15-16H,13-14H2;6H,2-5H2,1H3;3H,1H2,2H3,(H,5,6)/b10-7-;;. The number of ether oxygens (including phenoxy) is 1. The van der Waals surface area contributed by atoms with Gasteiger partial charge in [-0.25, -0.2) is 0 Å². The quantitative estimate of drug-likeness (QED) is 0.506. The number of para-hydroxylation sites is 1. The molecule has 158 valence electrons. The third-order valence-electron chi connectivity index (χ3n) is 4.16. The van der Waals surface area contributed by atoms with Crippen LogP contribution < -0.4 is 16.8 Å². The number of hydrogen-bond donors (Lipinski definition) is 5. The number of aromatic amines is 1. The fourth-order valence-corrected chi connectivity index (χ4v) is 2.49. The number of aromatic nitrogens is 1. The molecule has 0 radical (unpaired) electrons. The van der Waals surface area contributed by atoms with E-state index in [0.717, 1.165) is 24.7 Å². The Balaban J connectivity index is 0.000000267. The zero-order valence-electron chi connectivity index (χ0n) is 17.2. The number of amides is 1. The van der Waals surface area contributed by atoms with Gasteiger partial charge in [0.1, 0.15) is 11.6 Å². The SMILES string of the molecule is C=CC(=O)NC.CC1CCCOC1.N/C(=C\c1cc[nH]c1N)c1ccccc1O. The Morgan fingerprint density at radius 2 is 2.10 bits per heavy atom. The van der Waals surface area contributed by atoms with Crippen LogP contribution in [0.5, 0.6) is 5.75 Å². The number of carbonyl (C=O) groups is 1. The van der Waals surface area contributed by atoms with Crippen molar-refractivity contribution in [2.24, 2.45) is 11.7 Å². The van der Waals surface area contributed by atoms with E-state index in [2.05, 4.69) is 23.8 Å². The van der Waals surface area contributed by atoms with Gasteiger partial charge in [0, 0.05) is 43.3 Å². The largest absolute Gasteiger partial charge is 0.507 e. The second-order valence-electron chi connectivity index (χ2n) is 6.60. The van der Waals surface area contributed by atoms with Crippen LogP contribution >= 0.6 is 0 Å². The average Bonchev–Trinajstić information content (AvgIpc) is 3.13. The van der Waals surface area contributed by atoms with Crippen molar-refractivity contribution in [1.29, 1.82) is 0 Å². The molecule has 3 rings (SSSR count). The lowest BCUT2D eigenvalue weighted by Crippen LogP contribution is -2.13. The van der Waals surface area contributed by atoms with Crippen LogP contribution in [0.2, 0.25) is 0 Å². The molecule has 1 atom stereocenters. The molecule has 0 bridgehead atoms. The summed E-state index contributed by atoms with van der Waals surface area (Å²) in [6.45, 7) is 7.43. The van der Waals surface area contributed by atoms with Gasteiger partial charge in [0.2, 0.25) is 5.91 Å². The minimum absolute atomic E-state index is 0.144. The van der Waals surface area contributed by atoms with Crippen molar-refractivity contribution in [3.05, 3.63) is 60.3 Å². The summed E-state index contributed by atoms with van der Waals surface area (Å²) in [6, 6.07) is 8.73. The Hall–Kier alpha value is -3.19. The van der Waals surface area contributed by atoms with E-state index in [1.165, 1.54) is 18.9 Å². The van der Waals surface area contributed by atoms with E-state index in [4.69, 9.17) is 16.2 Å². The van der Waals surface area contributed by atoms with E-state index in [0.29, 0.717) is 17.1 Å². The number of rotatable bonds is 3. The molecule has 7 nitrogen and oxygen atoms in total. The molecule has 2 heterocycles. The van der Waals surface area contributed by atoms with Crippen LogP contribution in [0.1, 0.15) is 30.9 Å². The average molecular weight is 401 g/mol. The maximum absolute atomic E-state index is 9.95. The van der Waals surface area contributed by atoms with E-state index in [9.17, 15) is 9.90 Å². The summed E-state index contributed by atoms with van der Waals surface area (Å²) in [5.74, 6) is 1.38. The summed E-state index contributed by atoms with van der Waals surface area (Å²) in [5, 5.41) is 12.0. The third-order valence-corrected chi connectivity index (χ3v) is 4.16. The molecule has 1 unspecified atom stereocenters. The molecule has 1 amide bonds. The van der Waals surface area contributed by atoms with Crippen LogP contribution in [0.15, 0.2) is 49.2 Å². The smallest absolute Gasteiger partial charge is 0.243 e. The molecule has 0 spiro atoms. The lowest BCUT2D eigenvalue weighted by atomic mass is 10.1. The highest BCUT2D eigenvalue weighted by Crippen LogP contribution is 2.24. The minimum atomic E-state index is -0.144. The van der Waals surface area contributed by atoms with Gasteiger partial charge in [-0.05, 0) is 49.1 Å². The number of carbonyl (C=O) groups excluding carboxylic acids is 1. The molecule has 1 aliphatic heterocycles. The molecule has 29 heavy (non-hydrogen) atoms. The van der Waals surface area contributed by atoms with Crippen LogP contribution in [0.4, 0.5) is 5.82 Å². The van der Waals surface area contributed by atoms with Crippen LogP contribution in [0.3, 0.4) is 0 Å². The molecule has 0 aliphatic carbocycles. The van der Waals surface area contributed by atoms with Crippen LogP contribution in [-0.2, 0) is 9.53 Å². The highest BCUT2D eigenvalue weighted by molar-refractivity contribution is 5.86. The zero-order chi connectivity index (χ0) is 21.6. The number of phenolic OH excluding ortho intramolecular Hbond substituents is 1. The Kier molecular flexibility index (Phi) is 10.7. The van der Waals surface area contributed by atoms with E-state index in [1.54, 1.807) is 37.5 Å². The van der Waals surface area contributed by atoms with E-state index < -0.39 is 0 Å². The Bertz CT molecular complexity index is 793. The second-order valence-corrected chi connectivity index (χ2v) is 6.60. The molecule has 1 fully saturated rings. The van der Waals surface area contributed by atoms with Crippen molar-refractivity contribution in [2.75, 3.05) is 26.0 Å². The summed E-state index contributed by atoms with van der Waals surface area (Å²) in [5.41, 5.74) is 13.5. The number of nitrogens with two attached hydrogens (primary N) is 2. The number of nitrogens with one attached hydrogen (secondary N) is 2. The number of phenols is 1. The van der Waals surface area contributed by atoms with Crippen molar-refractivity contribution >= 4 is 23.5 Å². The molecule has 1 saturated heterocycles. The van der Waals surface area contributed by atoms with Gasteiger partial charge in [-0.3, -0.25) is 4.79 Å². The van der Waals surface area contributed by atoms with Crippen molar-refractivity contribution < 1.29 is 14.6 Å². The summed E-state index contributed by atoms with van der Waals surface area (Å²) in [4.78, 5) is 12.8. The van der Waals surface area contributed by atoms with Gasteiger partial charge in [-0.1, -0.05) is 25.6 Å². The number of benzene rings is 1. The monoisotopic (exact) mass is 400 g/mol. The molecular formula is C22H32N4O3. The highest BCUT2D eigenvalue weighted by atomic mass is 16.5. The number of aromatic hydroxyl groups is 1. The number of H-pyrrole nitrogens is 1. The number of likely N-dealkylation sites (N-methyl/N-ethyl adjacent to an activating group) is 1. The van der Waals surface area contributed by atoms with Gasteiger partial charge in [0.05, 0.1) is 0 Å². The number of anilines is 1. The molecule has 1 aromatic carbocycles. The maximum atomic E-state index is 9.95. The molecule has 2 aromatic rings. The highest BCUT2D eigenvalue weighted by Gasteiger charge is 2.06. The van der Waals surface area contributed by atoms with E-state index >= 15 is 0 Å². The minimum Gasteiger partial charge on any atom is -0.507 e. The van der Waals surface area contributed by atoms with Crippen LogP contribution in [0, 0.1) is 5.92 Å². The normalized spacial score (nSPS) is 15.8. The fourth-order valence-electron chi connectivity index (χ4n) is 2.49. The molecule has 1 aliphatic rings. The summed E-state index contributed by atoms with van der Waals surface area (Å²) in [7, 11) is 1.56. The molecule has 7 N–H and O–H groups in total. The van der Waals surface area contributed by atoms with Gasteiger partial charge < -0.3 is 31.6 Å². The zero-order valence-corrected chi connectivity index (χ0v) is 17.2. The van der Waals surface area contributed by atoms with Gasteiger partial charge in [-0.2, -0.15) is 0 Å². The molecular weight excluding hydrogens is 368 g/mol. The Labute approximate surface area is 172 Å². The lowest BCUT2D eigenvalue weighted by Gasteiger charge is -2.16. The molecule has 0 saturated carbocycles. The van der Waals surface area contributed by atoms with Crippen molar-refractivity contribution in [1.82, 2.24) is 10.3 Å². The van der Waals surface area contributed by atoms with E-state index in [-0.39, 0.29) is 11.7 Å². The molecule has 1 aromatic heterocycles. The summed E-state index contributed by atoms with van der Waals surface area (Å²) < 4.78 is 5.18. The van der Waals surface area contributed by atoms with Crippen molar-refractivity contribution in [2.45, 2.75) is 19.8 Å². The topological polar surface area (TPSA) is 126 Å². The Morgan fingerprint density at radius 3 is 2.52 bits per heavy atom. The first-order valence-corrected chi connectivity index (χ1v) is 9.49. The van der Waals surface area contributed by atoms with Gasteiger partial charge >= 0.3 is 0 Å². The lowest BCUT2D eigenvalue weighted by molar-refractivity contribution is -0.116. The predicted molar refractivity (Wildman–Crippen MR) is 119 cm³/mol. The summed E-state index contributed by atoms with van der Waals surface area (Å²) in [6.07, 6.45) is 7.31. The first-order valence-electron chi connectivity index (χ1n) is 9.49. The number of nitrogen functional groups attached to an aromatic ring is 1. The maximum Gasteiger partial charge on any atom is 0.243 e. The Morgan fingerprint density at radius 1 is 1.38 bits per heavy atom. The van der Waals surface area contributed by atoms with Gasteiger partial charge in [0.25, 0.3) is 0 Å². The van der Waals surface area contributed by atoms with Crippen LogP contribution in [-0.4, -0.2) is 36.3 Å². The van der Waals surface area contributed by atoms with Crippen molar-refractivity contribution in [3.8, 4) is 5.75 Å². The second kappa shape index (κ2) is 13.1. The fraction of sp³-hybridized carbons (Fsp3) is 0.318. The number of hydrogen-bond acceptors (Lipinski definition) is 5. The van der Waals surface area contributed by atoms with Crippen LogP contribution in [0.25, 0.3) is 11.8 Å². The van der Waals surface area contributed by atoms with Gasteiger partial charge in [-0.15, -0.1) is 0 Å². The third kappa shape index (κ3) is 9.03. The summed E-state index contributed by atoms with van der Waals surface area (Å²) >= 11 is 0.